The van der Waals surface area contributed by atoms with Gasteiger partial charge in [0.25, 0.3) is 0 Å². The van der Waals surface area contributed by atoms with Crippen LogP contribution in [0.15, 0.2) is 54.6 Å². The van der Waals surface area contributed by atoms with Crippen LogP contribution in [0.5, 0.6) is 0 Å². The highest BCUT2D eigenvalue weighted by Gasteiger charge is 2.17. The molecule has 0 heterocycles. The van der Waals surface area contributed by atoms with Crippen LogP contribution in [0.25, 0.3) is 17.2 Å². The summed E-state index contributed by atoms with van der Waals surface area (Å²) in [4.78, 5) is 0. The number of benzene rings is 2. The molecule has 0 saturated heterocycles. The van der Waals surface area contributed by atoms with E-state index in [9.17, 15) is 0 Å². The second-order valence-electron chi connectivity index (χ2n) is 4.97. The molecule has 0 N–H and O–H groups in total. The van der Waals surface area contributed by atoms with Gasteiger partial charge >= 0.3 is 0 Å². The van der Waals surface area contributed by atoms with Crippen molar-refractivity contribution in [1.82, 2.24) is 0 Å². The molecule has 0 aromatic heterocycles. The third-order valence-corrected chi connectivity index (χ3v) is 4.04. The molecule has 1 atom stereocenters. The standard InChI is InChI=1S/C18H17Cl/c19-13-5-7-15-12-11-14-6-1-2-8-16(14)18-10-4-3-9-17(15)18/h1-4,6,8-12,15H,5,7,13H2. The van der Waals surface area contributed by atoms with Crippen molar-refractivity contribution in [2.75, 3.05) is 5.88 Å². The van der Waals surface area contributed by atoms with Gasteiger partial charge < -0.3 is 0 Å². The molecule has 2 aromatic rings. The molecule has 19 heavy (non-hydrogen) atoms. The quantitative estimate of drug-likeness (QED) is 0.646. The SMILES string of the molecule is ClCCCC1C=Cc2ccccc2-c2ccccc21. The smallest absolute Gasteiger partial charge is 0.0223 e. The minimum Gasteiger partial charge on any atom is -0.127 e. The average Bonchev–Trinajstić information content (AvgIpc) is 2.63. The minimum absolute atomic E-state index is 0.474. The summed E-state index contributed by atoms with van der Waals surface area (Å²) >= 11 is 5.85. The number of allylic oxidation sites excluding steroid dienone is 1. The summed E-state index contributed by atoms with van der Waals surface area (Å²) in [5.74, 6) is 1.21. The summed E-state index contributed by atoms with van der Waals surface area (Å²) in [5.41, 5.74) is 5.43. The van der Waals surface area contributed by atoms with Crippen molar-refractivity contribution in [3.05, 3.63) is 65.7 Å². The second kappa shape index (κ2) is 5.63. The van der Waals surface area contributed by atoms with Gasteiger partial charge in [0, 0.05) is 11.8 Å². The normalized spacial score (nSPS) is 16.6. The van der Waals surface area contributed by atoms with Crippen LogP contribution in [0.2, 0.25) is 0 Å². The summed E-state index contributed by atoms with van der Waals surface area (Å²) in [5, 5.41) is 0. The Kier molecular flexibility index (Phi) is 3.70. The monoisotopic (exact) mass is 268 g/mol. The molecule has 0 nitrogen and oxygen atoms in total. The second-order valence-corrected chi connectivity index (χ2v) is 5.35. The molecule has 0 spiro atoms. The van der Waals surface area contributed by atoms with Gasteiger partial charge in [-0.1, -0.05) is 60.7 Å². The molecule has 1 unspecified atom stereocenters. The molecular weight excluding hydrogens is 252 g/mol. The predicted molar refractivity (Wildman–Crippen MR) is 83.6 cm³/mol. The van der Waals surface area contributed by atoms with E-state index in [1.165, 1.54) is 22.3 Å². The highest BCUT2D eigenvalue weighted by molar-refractivity contribution is 6.17. The average molecular weight is 269 g/mol. The van der Waals surface area contributed by atoms with Crippen LogP contribution in [0.4, 0.5) is 0 Å². The fourth-order valence-corrected chi connectivity index (χ4v) is 2.98. The number of hydrogen-bond acceptors (Lipinski definition) is 0. The molecule has 0 amide bonds. The molecular formula is C18H17Cl. The highest BCUT2D eigenvalue weighted by Crippen LogP contribution is 2.38. The number of alkyl halides is 1. The van der Waals surface area contributed by atoms with Crippen molar-refractivity contribution in [2.24, 2.45) is 0 Å². The van der Waals surface area contributed by atoms with Gasteiger partial charge in [-0.3, -0.25) is 0 Å². The van der Waals surface area contributed by atoms with Crippen molar-refractivity contribution < 1.29 is 0 Å². The van der Waals surface area contributed by atoms with Crippen molar-refractivity contribution in [2.45, 2.75) is 18.8 Å². The summed E-state index contributed by atoms with van der Waals surface area (Å²) in [6.07, 6.45) is 6.76. The maximum Gasteiger partial charge on any atom is 0.0223 e. The van der Waals surface area contributed by atoms with Gasteiger partial charge in [-0.15, -0.1) is 11.6 Å². The zero-order chi connectivity index (χ0) is 13.1. The van der Waals surface area contributed by atoms with Gasteiger partial charge in [0.15, 0.2) is 0 Å². The Morgan fingerprint density at radius 1 is 0.895 bits per heavy atom. The third-order valence-electron chi connectivity index (χ3n) is 3.77. The van der Waals surface area contributed by atoms with E-state index in [0.29, 0.717) is 5.92 Å². The molecule has 0 aliphatic heterocycles. The fraction of sp³-hybridized carbons (Fsp3) is 0.222. The van der Waals surface area contributed by atoms with E-state index in [1.54, 1.807) is 0 Å². The lowest BCUT2D eigenvalue weighted by molar-refractivity contribution is 0.725. The lowest BCUT2D eigenvalue weighted by atomic mass is 9.89. The van der Waals surface area contributed by atoms with E-state index in [-0.39, 0.29) is 0 Å². The molecule has 2 aromatic carbocycles. The van der Waals surface area contributed by atoms with Gasteiger partial charge in [-0.05, 0) is 35.1 Å². The molecule has 3 rings (SSSR count). The van der Waals surface area contributed by atoms with E-state index < -0.39 is 0 Å². The maximum atomic E-state index is 5.85. The first kappa shape index (κ1) is 12.5. The Balaban J connectivity index is 2.12. The zero-order valence-corrected chi connectivity index (χ0v) is 11.6. The summed E-state index contributed by atoms with van der Waals surface area (Å²) in [7, 11) is 0. The summed E-state index contributed by atoms with van der Waals surface area (Å²) < 4.78 is 0. The molecule has 1 aliphatic rings. The summed E-state index contributed by atoms with van der Waals surface area (Å²) in [6, 6.07) is 17.4. The van der Waals surface area contributed by atoms with Crippen LogP contribution in [0.1, 0.15) is 29.9 Å². The first-order chi connectivity index (χ1) is 9.40. The predicted octanol–water partition coefficient (Wildman–Crippen LogP) is 5.48. The molecule has 96 valence electrons. The van der Waals surface area contributed by atoms with Crippen LogP contribution in [0, 0.1) is 0 Å². The van der Waals surface area contributed by atoms with Crippen LogP contribution in [0.3, 0.4) is 0 Å². The molecule has 0 bridgehead atoms. The van der Waals surface area contributed by atoms with Gasteiger partial charge in [0.05, 0.1) is 0 Å². The highest BCUT2D eigenvalue weighted by atomic mass is 35.5. The van der Waals surface area contributed by atoms with Gasteiger partial charge in [-0.25, -0.2) is 0 Å². The van der Waals surface area contributed by atoms with E-state index >= 15 is 0 Å². The number of fused-ring (bicyclic) bond motifs is 3. The Morgan fingerprint density at radius 3 is 2.47 bits per heavy atom. The molecule has 1 aliphatic carbocycles. The van der Waals surface area contributed by atoms with Crippen molar-refractivity contribution in [1.29, 1.82) is 0 Å². The first-order valence-electron chi connectivity index (χ1n) is 6.82. The Labute approximate surface area is 119 Å². The number of halogens is 1. The topological polar surface area (TPSA) is 0 Å². The van der Waals surface area contributed by atoms with Crippen molar-refractivity contribution >= 4 is 17.7 Å². The van der Waals surface area contributed by atoms with Crippen LogP contribution < -0.4 is 0 Å². The van der Waals surface area contributed by atoms with Gasteiger partial charge in [0.1, 0.15) is 0 Å². The Hall–Kier alpha value is -1.53. The fourth-order valence-electron chi connectivity index (χ4n) is 2.83. The zero-order valence-electron chi connectivity index (χ0n) is 10.9. The Bertz CT molecular complexity index is 598. The third kappa shape index (κ3) is 2.46. The molecule has 0 fully saturated rings. The minimum atomic E-state index is 0.474. The first-order valence-corrected chi connectivity index (χ1v) is 7.36. The van der Waals surface area contributed by atoms with Crippen LogP contribution >= 0.6 is 11.6 Å². The van der Waals surface area contributed by atoms with E-state index in [0.717, 1.165) is 18.7 Å². The van der Waals surface area contributed by atoms with Crippen LogP contribution in [-0.4, -0.2) is 5.88 Å². The lowest BCUT2D eigenvalue weighted by Gasteiger charge is -2.15. The largest absolute Gasteiger partial charge is 0.127 e. The van der Waals surface area contributed by atoms with E-state index in [1.807, 2.05) is 0 Å². The molecule has 0 radical (unpaired) electrons. The van der Waals surface area contributed by atoms with Crippen molar-refractivity contribution in [3.63, 3.8) is 0 Å². The molecule has 0 saturated carbocycles. The maximum absolute atomic E-state index is 5.85. The lowest BCUT2D eigenvalue weighted by Crippen LogP contribution is -1.97. The van der Waals surface area contributed by atoms with E-state index in [4.69, 9.17) is 11.6 Å². The number of rotatable bonds is 3. The van der Waals surface area contributed by atoms with Crippen LogP contribution in [-0.2, 0) is 0 Å². The summed E-state index contributed by atoms with van der Waals surface area (Å²) in [6.45, 7) is 0. The van der Waals surface area contributed by atoms with Crippen molar-refractivity contribution in [3.8, 4) is 11.1 Å². The van der Waals surface area contributed by atoms with Gasteiger partial charge in [0.2, 0.25) is 0 Å². The number of hydrogen-bond donors (Lipinski definition) is 0. The van der Waals surface area contributed by atoms with E-state index in [2.05, 4.69) is 60.7 Å². The Morgan fingerprint density at radius 2 is 1.63 bits per heavy atom. The van der Waals surface area contributed by atoms with Gasteiger partial charge in [-0.2, -0.15) is 0 Å². The molecule has 1 heteroatoms.